The number of carbonyl (C=O) groups is 1. The molecular weight excluding hydrogens is 394 g/mol. The van der Waals surface area contributed by atoms with E-state index < -0.39 is 16.1 Å². The van der Waals surface area contributed by atoms with Crippen LogP contribution in [0, 0.1) is 12.8 Å². The second kappa shape index (κ2) is 8.13. The first-order chi connectivity index (χ1) is 13.6. The lowest BCUT2D eigenvalue weighted by molar-refractivity contribution is -0.120. The molecule has 10 heteroatoms. The smallest absolute Gasteiger partial charge is 0.295 e. The number of hydrogen-bond acceptors (Lipinski definition) is 4. The van der Waals surface area contributed by atoms with Gasteiger partial charge in [-0.3, -0.25) is 14.3 Å². The van der Waals surface area contributed by atoms with Crippen molar-refractivity contribution in [3.63, 3.8) is 0 Å². The van der Waals surface area contributed by atoms with Crippen LogP contribution in [-0.2, 0) is 22.1 Å². The van der Waals surface area contributed by atoms with E-state index in [1.54, 1.807) is 18.7 Å². The molecule has 2 aromatic rings. The maximum Gasteiger partial charge on any atom is 0.295 e. The van der Waals surface area contributed by atoms with Crippen LogP contribution in [0.25, 0.3) is 5.69 Å². The van der Waals surface area contributed by atoms with Gasteiger partial charge in [-0.05, 0) is 31.9 Å². The van der Waals surface area contributed by atoms with Crippen LogP contribution in [0.5, 0.6) is 0 Å². The number of anilines is 1. The van der Waals surface area contributed by atoms with Crippen molar-refractivity contribution in [2.24, 2.45) is 13.0 Å². The molecule has 1 saturated heterocycles. The van der Waals surface area contributed by atoms with E-state index in [1.165, 1.54) is 23.1 Å². The molecule has 1 aliphatic heterocycles. The highest BCUT2D eigenvalue weighted by Crippen LogP contribution is 2.22. The van der Waals surface area contributed by atoms with Crippen molar-refractivity contribution in [3.05, 3.63) is 46.4 Å². The van der Waals surface area contributed by atoms with Gasteiger partial charge in [-0.25, -0.2) is 4.68 Å². The zero-order chi connectivity index (χ0) is 21.3. The number of amides is 1. The number of piperidine rings is 1. The van der Waals surface area contributed by atoms with E-state index >= 15 is 0 Å². The van der Waals surface area contributed by atoms with Gasteiger partial charge in [-0.1, -0.05) is 18.2 Å². The molecule has 1 unspecified atom stereocenters. The molecule has 0 aliphatic carbocycles. The number of nitrogens with one attached hydrogen (secondary N) is 1. The molecule has 0 radical (unpaired) electrons. The Hall–Kier alpha value is -2.43. The van der Waals surface area contributed by atoms with E-state index in [4.69, 9.17) is 0 Å². The van der Waals surface area contributed by atoms with Gasteiger partial charge in [-0.2, -0.15) is 17.0 Å². The summed E-state index contributed by atoms with van der Waals surface area (Å²) >= 11 is 0. The number of aromatic nitrogens is 2. The van der Waals surface area contributed by atoms with Crippen LogP contribution < -0.4 is 10.9 Å². The van der Waals surface area contributed by atoms with Gasteiger partial charge >= 0.3 is 0 Å². The molecule has 1 aromatic heterocycles. The molecule has 1 N–H and O–H groups in total. The molecule has 3 rings (SSSR count). The first kappa shape index (κ1) is 21.3. The van der Waals surface area contributed by atoms with E-state index in [9.17, 15) is 18.0 Å². The molecule has 158 valence electrons. The molecule has 0 saturated carbocycles. The van der Waals surface area contributed by atoms with Crippen LogP contribution in [0.2, 0.25) is 0 Å². The van der Waals surface area contributed by atoms with Crippen LogP contribution >= 0.6 is 0 Å². The Morgan fingerprint density at radius 2 is 1.86 bits per heavy atom. The van der Waals surface area contributed by atoms with Crippen LogP contribution in [0.4, 0.5) is 5.69 Å². The Morgan fingerprint density at radius 3 is 2.48 bits per heavy atom. The summed E-state index contributed by atoms with van der Waals surface area (Å²) < 4.78 is 30.4. The lowest BCUT2D eigenvalue weighted by Crippen LogP contribution is -2.48. The minimum absolute atomic E-state index is 0.102. The second-order valence-electron chi connectivity index (χ2n) is 7.41. The maximum atomic E-state index is 13.0. The highest BCUT2D eigenvalue weighted by molar-refractivity contribution is 7.86. The van der Waals surface area contributed by atoms with Crippen LogP contribution in [0.1, 0.15) is 18.5 Å². The lowest BCUT2D eigenvalue weighted by atomic mass is 9.99. The lowest BCUT2D eigenvalue weighted by Gasteiger charge is -2.32. The third kappa shape index (κ3) is 4.00. The summed E-state index contributed by atoms with van der Waals surface area (Å²) in [6.07, 6.45) is 1.16. The molecule has 0 bridgehead atoms. The zero-order valence-electron chi connectivity index (χ0n) is 17.1. The Kier molecular flexibility index (Phi) is 5.97. The third-order valence-electron chi connectivity index (χ3n) is 5.35. The average Bonchev–Trinajstić information content (AvgIpc) is 2.91. The summed E-state index contributed by atoms with van der Waals surface area (Å²) in [5.74, 6) is -0.850. The molecule has 29 heavy (non-hydrogen) atoms. The largest absolute Gasteiger partial charge is 0.320 e. The fourth-order valence-corrected chi connectivity index (χ4v) is 4.72. The number of nitrogens with zero attached hydrogens (tertiary/aromatic N) is 4. The number of hydrogen-bond donors (Lipinski definition) is 1. The predicted octanol–water partition coefficient (Wildman–Crippen LogP) is 0.941. The van der Waals surface area contributed by atoms with Crippen molar-refractivity contribution in [3.8, 4) is 5.69 Å². The summed E-state index contributed by atoms with van der Waals surface area (Å²) in [4.78, 5) is 25.8. The normalized spacial score (nSPS) is 18.2. The van der Waals surface area contributed by atoms with Crippen LogP contribution in [-0.4, -0.2) is 59.5 Å². The van der Waals surface area contributed by atoms with Crippen molar-refractivity contribution in [1.82, 2.24) is 18.0 Å². The summed E-state index contributed by atoms with van der Waals surface area (Å²) in [5, 5.41) is 2.75. The molecule has 1 atom stereocenters. The highest BCUT2D eigenvalue weighted by atomic mass is 32.2. The third-order valence-corrected chi connectivity index (χ3v) is 7.25. The van der Waals surface area contributed by atoms with Gasteiger partial charge in [0, 0.05) is 34.2 Å². The first-order valence-electron chi connectivity index (χ1n) is 9.47. The van der Waals surface area contributed by atoms with E-state index in [0.29, 0.717) is 30.8 Å². The summed E-state index contributed by atoms with van der Waals surface area (Å²) in [6, 6.07) is 9.17. The summed E-state index contributed by atoms with van der Waals surface area (Å²) in [6.45, 7) is 2.25. The van der Waals surface area contributed by atoms with Gasteiger partial charge in [0.1, 0.15) is 5.69 Å². The maximum absolute atomic E-state index is 13.0. The van der Waals surface area contributed by atoms with E-state index in [2.05, 4.69) is 5.32 Å². The fourth-order valence-electron chi connectivity index (χ4n) is 3.53. The van der Waals surface area contributed by atoms with Gasteiger partial charge in [0.2, 0.25) is 5.91 Å². The Morgan fingerprint density at radius 1 is 1.21 bits per heavy atom. The van der Waals surface area contributed by atoms with Crippen molar-refractivity contribution in [2.75, 3.05) is 32.5 Å². The van der Waals surface area contributed by atoms with Crippen molar-refractivity contribution in [2.45, 2.75) is 19.8 Å². The zero-order valence-corrected chi connectivity index (χ0v) is 17.9. The van der Waals surface area contributed by atoms with Gasteiger partial charge in [0.25, 0.3) is 15.8 Å². The van der Waals surface area contributed by atoms with E-state index in [-0.39, 0.29) is 23.7 Å². The summed E-state index contributed by atoms with van der Waals surface area (Å²) in [7, 11) is 1.12. The minimum Gasteiger partial charge on any atom is -0.320 e. The Bertz CT molecular complexity index is 1060. The summed E-state index contributed by atoms with van der Waals surface area (Å²) in [5.41, 5.74) is 1.22. The Labute approximate surface area is 170 Å². The van der Waals surface area contributed by atoms with Crippen LogP contribution in [0.15, 0.2) is 35.1 Å². The predicted molar refractivity (Wildman–Crippen MR) is 111 cm³/mol. The van der Waals surface area contributed by atoms with Crippen molar-refractivity contribution < 1.29 is 13.2 Å². The molecule has 1 aliphatic rings. The highest BCUT2D eigenvalue weighted by Gasteiger charge is 2.34. The number of para-hydroxylation sites is 1. The van der Waals surface area contributed by atoms with Crippen LogP contribution in [0.3, 0.4) is 0 Å². The molecule has 2 heterocycles. The molecule has 1 fully saturated rings. The molecule has 1 aromatic carbocycles. The number of carbonyl (C=O) groups excluding carboxylic acids is 1. The first-order valence-corrected chi connectivity index (χ1v) is 10.9. The number of rotatable bonds is 5. The molecule has 0 spiro atoms. The Balaban J connectivity index is 1.84. The van der Waals surface area contributed by atoms with Gasteiger partial charge in [-0.15, -0.1) is 0 Å². The molecule has 9 nitrogen and oxygen atoms in total. The average molecular weight is 422 g/mol. The second-order valence-corrected chi connectivity index (χ2v) is 9.56. The minimum atomic E-state index is -3.58. The van der Waals surface area contributed by atoms with E-state index in [1.807, 2.05) is 30.3 Å². The molecule has 1 amide bonds. The quantitative estimate of drug-likeness (QED) is 0.777. The van der Waals surface area contributed by atoms with Crippen molar-refractivity contribution in [1.29, 1.82) is 0 Å². The standard InChI is InChI=1S/C19H27N5O4S/c1-14-17(19(26)24(22(14)4)16-10-6-5-7-11-16)20-18(25)15-9-8-12-23(13-15)29(27,28)21(2)3/h5-7,10-11,15H,8-9,12-13H2,1-4H3,(H,20,25). The topological polar surface area (TPSA) is 96.7 Å². The SMILES string of the molecule is Cc1c(NC(=O)C2CCCN(S(=O)(=O)N(C)C)C2)c(=O)n(-c2ccccc2)n1C. The van der Waals surface area contributed by atoms with E-state index in [0.717, 1.165) is 4.31 Å². The van der Waals surface area contributed by atoms with Gasteiger partial charge < -0.3 is 5.32 Å². The molecular formula is C19H27N5O4S. The monoisotopic (exact) mass is 421 g/mol. The van der Waals surface area contributed by atoms with Gasteiger partial charge in [0.05, 0.1) is 17.3 Å². The fraction of sp³-hybridized carbons (Fsp3) is 0.474. The number of benzene rings is 1. The van der Waals surface area contributed by atoms with Crippen molar-refractivity contribution >= 4 is 21.8 Å². The van der Waals surface area contributed by atoms with Gasteiger partial charge in [0.15, 0.2) is 0 Å².